The molecular weight excluding hydrogens is 264 g/mol. The van der Waals surface area contributed by atoms with Crippen molar-refractivity contribution in [3.8, 4) is 0 Å². The van der Waals surface area contributed by atoms with E-state index in [0.717, 1.165) is 0 Å². The van der Waals surface area contributed by atoms with E-state index in [2.05, 4.69) is 86.6 Å². The van der Waals surface area contributed by atoms with Crippen molar-refractivity contribution in [2.24, 2.45) is 0 Å². The van der Waals surface area contributed by atoms with Crippen LogP contribution in [0.1, 0.15) is 47.2 Å². The highest BCUT2D eigenvalue weighted by molar-refractivity contribution is 5.74. The Labute approximate surface area is 131 Å². The summed E-state index contributed by atoms with van der Waals surface area (Å²) in [6.45, 7) is 4.78. The van der Waals surface area contributed by atoms with Crippen molar-refractivity contribution in [2.45, 2.75) is 24.7 Å². The molecule has 0 fully saturated rings. The van der Waals surface area contributed by atoms with Crippen molar-refractivity contribution in [3.05, 3.63) is 106 Å². The van der Waals surface area contributed by atoms with Crippen molar-refractivity contribution in [2.75, 3.05) is 0 Å². The van der Waals surface area contributed by atoms with Crippen LogP contribution in [0.3, 0.4) is 0 Å². The molecule has 0 spiro atoms. The van der Waals surface area contributed by atoms with Gasteiger partial charge < -0.3 is 0 Å². The Morgan fingerprint density at radius 1 is 0.409 bits per heavy atom. The van der Waals surface area contributed by atoms with Crippen molar-refractivity contribution >= 4 is 0 Å². The fourth-order valence-electron chi connectivity index (χ4n) is 4.94. The minimum atomic E-state index is -0.0401. The van der Waals surface area contributed by atoms with Gasteiger partial charge in [-0.25, -0.2) is 0 Å². The zero-order valence-corrected chi connectivity index (χ0v) is 12.9. The van der Waals surface area contributed by atoms with Gasteiger partial charge >= 0.3 is 0 Å². The van der Waals surface area contributed by atoms with Crippen LogP contribution in [0.4, 0.5) is 0 Å². The number of benzene rings is 3. The van der Waals surface area contributed by atoms with E-state index in [4.69, 9.17) is 0 Å². The molecule has 0 unspecified atom stereocenters. The molecule has 106 valence electrons. The van der Waals surface area contributed by atoms with Crippen LogP contribution in [0.25, 0.3) is 0 Å². The minimum absolute atomic E-state index is 0.0401. The zero-order valence-electron chi connectivity index (χ0n) is 12.9. The summed E-state index contributed by atoms with van der Waals surface area (Å²) in [6, 6.07) is 27.0. The van der Waals surface area contributed by atoms with Gasteiger partial charge in [0, 0.05) is 10.8 Å². The van der Waals surface area contributed by atoms with Crippen LogP contribution >= 0.6 is 0 Å². The molecule has 0 aliphatic heterocycles. The largest absolute Gasteiger partial charge is 0.0619 e. The molecule has 2 bridgehead atoms. The number of hydrogen-bond donors (Lipinski definition) is 0. The second kappa shape index (κ2) is 3.70. The van der Waals surface area contributed by atoms with Gasteiger partial charge in [0.25, 0.3) is 0 Å². The molecular formula is C22H18. The van der Waals surface area contributed by atoms with E-state index in [1.165, 1.54) is 33.4 Å². The minimum Gasteiger partial charge on any atom is -0.0619 e. The van der Waals surface area contributed by atoms with E-state index in [9.17, 15) is 0 Å². The van der Waals surface area contributed by atoms with Gasteiger partial charge in [0.05, 0.1) is 0 Å². The molecule has 0 atom stereocenters. The van der Waals surface area contributed by atoms with Crippen LogP contribution in [0.5, 0.6) is 0 Å². The van der Waals surface area contributed by atoms with E-state index in [-0.39, 0.29) is 10.8 Å². The van der Waals surface area contributed by atoms with Gasteiger partial charge in [0.15, 0.2) is 0 Å². The maximum absolute atomic E-state index is 2.39. The standard InChI is InChI=1S/C22H18/c1-21-15-9-3-6-12-18(15)22(2,19-13-7-4-10-16(19)21)20-14-8-5-11-17(20)21/h3-14H,1-2H3. The van der Waals surface area contributed by atoms with Gasteiger partial charge in [-0.05, 0) is 47.2 Å². The van der Waals surface area contributed by atoms with E-state index in [1.807, 2.05) is 0 Å². The lowest BCUT2D eigenvalue weighted by Crippen LogP contribution is -2.47. The van der Waals surface area contributed by atoms with Gasteiger partial charge in [0.2, 0.25) is 0 Å². The third kappa shape index (κ3) is 1.10. The summed E-state index contributed by atoms with van der Waals surface area (Å²) in [5.41, 5.74) is 8.72. The molecule has 0 saturated carbocycles. The summed E-state index contributed by atoms with van der Waals surface area (Å²) in [5, 5.41) is 0. The van der Waals surface area contributed by atoms with E-state index >= 15 is 0 Å². The van der Waals surface area contributed by atoms with Crippen molar-refractivity contribution in [1.29, 1.82) is 0 Å². The smallest absolute Gasteiger partial charge is 0.0432 e. The van der Waals surface area contributed by atoms with Gasteiger partial charge in [-0.1, -0.05) is 72.8 Å². The van der Waals surface area contributed by atoms with E-state index < -0.39 is 0 Å². The molecule has 0 heteroatoms. The van der Waals surface area contributed by atoms with Crippen molar-refractivity contribution in [1.82, 2.24) is 0 Å². The van der Waals surface area contributed by atoms with Gasteiger partial charge in [-0.2, -0.15) is 0 Å². The molecule has 0 amide bonds. The summed E-state index contributed by atoms with van der Waals surface area (Å²) in [7, 11) is 0. The third-order valence-corrected chi connectivity index (χ3v) is 6.01. The summed E-state index contributed by atoms with van der Waals surface area (Å²) < 4.78 is 0. The molecule has 0 radical (unpaired) electrons. The lowest BCUT2D eigenvalue weighted by molar-refractivity contribution is 0.511. The molecule has 0 saturated heterocycles. The molecule has 3 aromatic rings. The molecule has 0 N–H and O–H groups in total. The highest BCUT2D eigenvalue weighted by Crippen LogP contribution is 2.61. The summed E-state index contributed by atoms with van der Waals surface area (Å²) in [5.74, 6) is 0. The Hall–Kier alpha value is -2.34. The first kappa shape index (κ1) is 12.2. The Balaban J connectivity index is 2.05. The molecule has 3 aliphatic rings. The predicted octanol–water partition coefficient (Wildman–Crippen LogP) is 5.02. The van der Waals surface area contributed by atoms with Crippen LogP contribution in [0.2, 0.25) is 0 Å². The first-order valence-corrected chi connectivity index (χ1v) is 7.98. The summed E-state index contributed by atoms with van der Waals surface area (Å²) >= 11 is 0. The zero-order chi connectivity index (χ0) is 14.9. The van der Waals surface area contributed by atoms with Crippen molar-refractivity contribution < 1.29 is 0 Å². The van der Waals surface area contributed by atoms with E-state index in [1.54, 1.807) is 0 Å². The highest BCUT2D eigenvalue weighted by atomic mass is 14.6. The van der Waals surface area contributed by atoms with Crippen LogP contribution in [-0.2, 0) is 10.8 Å². The van der Waals surface area contributed by atoms with Crippen LogP contribution < -0.4 is 0 Å². The summed E-state index contributed by atoms with van der Waals surface area (Å²) in [4.78, 5) is 0. The maximum Gasteiger partial charge on any atom is 0.0432 e. The molecule has 6 rings (SSSR count). The molecule has 0 heterocycles. The number of hydrogen-bond acceptors (Lipinski definition) is 0. The fourth-order valence-corrected chi connectivity index (χ4v) is 4.94. The molecule has 3 aliphatic carbocycles. The second-order valence-corrected chi connectivity index (χ2v) is 6.89. The van der Waals surface area contributed by atoms with Crippen LogP contribution in [0.15, 0.2) is 72.8 Å². The lowest BCUT2D eigenvalue weighted by atomic mass is 9.48. The van der Waals surface area contributed by atoms with Crippen LogP contribution in [-0.4, -0.2) is 0 Å². The van der Waals surface area contributed by atoms with Gasteiger partial charge in [-0.3, -0.25) is 0 Å². The number of rotatable bonds is 0. The lowest BCUT2D eigenvalue weighted by Gasteiger charge is -2.54. The normalized spacial score (nSPS) is 27.0. The Morgan fingerprint density at radius 3 is 0.773 bits per heavy atom. The average Bonchev–Trinajstić information content (AvgIpc) is 2.59. The molecule has 22 heavy (non-hydrogen) atoms. The van der Waals surface area contributed by atoms with Crippen molar-refractivity contribution in [3.63, 3.8) is 0 Å². The monoisotopic (exact) mass is 282 g/mol. The average molecular weight is 282 g/mol. The third-order valence-electron chi connectivity index (χ3n) is 6.01. The van der Waals surface area contributed by atoms with Gasteiger partial charge in [0.1, 0.15) is 0 Å². The van der Waals surface area contributed by atoms with Gasteiger partial charge in [-0.15, -0.1) is 0 Å². The quantitative estimate of drug-likeness (QED) is 0.543. The first-order valence-electron chi connectivity index (χ1n) is 7.98. The second-order valence-electron chi connectivity index (χ2n) is 6.89. The Bertz CT molecular complexity index is 723. The Kier molecular flexibility index (Phi) is 2.06. The Morgan fingerprint density at radius 2 is 0.591 bits per heavy atom. The first-order chi connectivity index (χ1) is 10.7. The maximum atomic E-state index is 2.39. The molecule has 0 nitrogen and oxygen atoms in total. The fraction of sp³-hybridized carbons (Fsp3) is 0.182. The summed E-state index contributed by atoms with van der Waals surface area (Å²) in [6.07, 6.45) is 0. The topological polar surface area (TPSA) is 0 Å². The highest BCUT2D eigenvalue weighted by Gasteiger charge is 2.54. The SMILES string of the molecule is CC12c3ccccc3C(C)(c3ccccc31)c1ccccc12. The van der Waals surface area contributed by atoms with E-state index in [0.29, 0.717) is 0 Å². The molecule has 0 aromatic heterocycles. The predicted molar refractivity (Wildman–Crippen MR) is 90.4 cm³/mol. The molecule has 3 aromatic carbocycles. The van der Waals surface area contributed by atoms with Crippen LogP contribution in [0, 0.1) is 0 Å².